The molecule has 1 heterocycles. The van der Waals surface area contributed by atoms with Gasteiger partial charge in [-0.2, -0.15) is 0 Å². The Balaban J connectivity index is 1.86. The summed E-state index contributed by atoms with van der Waals surface area (Å²) in [5.74, 6) is 2.74. The van der Waals surface area contributed by atoms with Crippen LogP contribution in [0, 0.1) is 0 Å². The van der Waals surface area contributed by atoms with Gasteiger partial charge in [0.1, 0.15) is 11.5 Å². The van der Waals surface area contributed by atoms with Gasteiger partial charge < -0.3 is 10.2 Å². The van der Waals surface area contributed by atoms with Crippen LogP contribution in [0.4, 0.5) is 0 Å². The molecule has 2 aliphatic carbocycles. The summed E-state index contributed by atoms with van der Waals surface area (Å²) >= 11 is 3.62. The highest BCUT2D eigenvalue weighted by molar-refractivity contribution is 9.10. The molecule has 2 nitrogen and oxygen atoms in total. The van der Waals surface area contributed by atoms with Crippen LogP contribution < -0.4 is 5.73 Å². The second kappa shape index (κ2) is 3.88. The van der Waals surface area contributed by atoms with E-state index in [1.165, 1.54) is 32.1 Å². The summed E-state index contributed by atoms with van der Waals surface area (Å²) < 4.78 is 7.14. The Labute approximate surface area is 105 Å². The van der Waals surface area contributed by atoms with Crippen LogP contribution in [0.2, 0.25) is 0 Å². The van der Waals surface area contributed by atoms with Gasteiger partial charge in [0, 0.05) is 5.92 Å². The summed E-state index contributed by atoms with van der Waals surface area (Å²) in [5, 5.41) is 0. The second-order valence-corrected chi connectivity index (χ2v) is 6.17. The van der Waals surface area contributed by atoms with Crippen LogP contribution >= 0.6 is 15.9 Å². The van der Waals surface area contributed by atoms with E-state index in [4.69, 9.17) is 10.2 Å². The summed E-state index contributed by atoms with van der Waals surface area (Å²) in [7, 11) is 0. The molecular formula is C13H18BrNO. The Bertz CT molecular complexity index is 389. The molecule has 2 saturated carbocycles. The van der Waals surface area contributed by atoms with Gasteiger partial charge in [0.25, 0.3) is 0 Å². The van der Waals surface area contributed by atoms with E-state index >= 15 is 0 Å². The molecule has 0 atom stereocenters. The largest absolute Gasteiger partial charge is 0.463 e. The average molecular weight is 284 g/mol. The summed E-state index contributed by atoms with van der Waals surface area (Å²) in [4.78, 5) is 0. The first kappa shape index (κ1) is 10.8. The standard InChI is InChI=1S/C13H18BrNO/c14-10-8-11(13(15)6-7-13)16-12(10)9-4-2-1-3-5-9/h8-9H,1-7,15H2. The van der Waals surface area contributed by atoms with E-state index in [1.54, 1.807) is 0 Å². The van der Waals surface area contributed by atoms with Crippen molar-refractivity contribution < 1.29 is 4.42 Å². The predicted molar refractivity (Wildman–Crippen MR) is 67.3 cm³/mol. The lowest BCUT2D eigenvalue weighted by Crippen LogP contribution is -2.17. The molecule has 0 amide bonds. The predicted octanol–water partition coefficient (Wildman–Crippen LogP) is 4.04. The van der Waals surface area contributed by atoms with Crippen LogP contribution in [-0.2, 0) is 5.54 Å². The molecule has 0 radical (unpaired) electrons. The highest BCUT2D eigenvalue weighted by Crippen LogP contribution is 2.47. The molecule has 16 heavy (non-hydrogen) atoms. The maximum Gasteiger partial charge on any atom is 0.125 e. The van der Waals surface area contributed by atoms with Gasteiger partial charge in [-0.15, -0.1) is 0 Å². The summed E-state index contributed by atoms with van der Waals surface area (Å²) in [6.07, 6.45) is 8.71. The Morgan fingerprint density at radius 2 is 1.94 bits per heavy atom. The van der Waals surface area contributed by atoms with Gasteiger partial charge in [0.05, 0.1) is 10.0 Å². The molecule has 3 rings (SSSR count). The fraction of sp³-hybridized carbons (Fsp3) is 0.692. The first-order chi connectivity index (χ1) is 7.69. The fourth-order valence-corrected chi connectivity index (χ4v) is 3.27. The Morgan fingerprint density at radius 3 is 2.56 bits per heavy atom. The first-order valence-electron chi connectivity index (χ1n) is 6.28. The third kappa shape index (κ3) is 1.84. The molecular weight excluding hydrogens is 266 g/mol. The van der Waals surface area contributed by atoms with Crippen LogP contribution in [0.15, 0.2) is 15.0 Å². The SMILES string of the molecule is NC1(c2cc(Br)c(C3CCCCC3)o2)CC1. The van der Waals surface area contributed by atoms with E-state index in [0.29, 0.717) is 5.92 Å². The summed E-state index contributed by atoms with van der Waals surface area (Å²) in [5.41, 5.74) is 6.02. The van der Waals surface area contributed by atoms with Gasteiger partial charge in [-0.1, -0.05) is 19.3 Å². The highest BCUT2D eigenvalue weighted by Gasteiger charge is 2.44. The minimum atomic E-state index is -0.143. The number of halogens is 1. The fourth-order valence-electron chi connectivity index (χ4n) is 2.65. The topological polar surface area (TPSA) is 39.2 Å². The number of nitrogens with two attached hydrogens (primary N) is 1. The maximum atomic E-state index is 6.17. The van der Waals surface area contributed by atoms with Crippen molar-refractivity contribution in [2.24, 2.45) is 5.73 Å². The lowest BCUT2D eigenvalue weighted by molar-refractivity contribution is 0.347. The Hall–Kier alpha value is -0.280. The third-order valence-corrected chi connectivity index (χ3v) is 4.59. The number of rotatable bonds is 2. The van der Waals surface area contributed by atoms with Gasteiger partial charge in [0.15, 0.2) is 0 Å². The molecule has 0 unspecified atom stereocenters. The molecule has 88 valence electrons. The molecule has 0 bridgehead atoms. The molecule has 1 aromatic heterocycles. The van der Waals surface area contributed by atoms with E-state index in [9.17, 15) is 0 Å². The van der Waals surface area contributed by atoms with Gasteiger partial charge >= 0.3 is 0 Å². The van der Waals surface area contributed by atoms with E-state index < -0.39 is 0 Å². The summed E-state index contributed by atoms with van der Waals surface area (Å²) in [6.45, 7) is 0. The van der Waals surface area contributed by atoms with E-state index in [1.807, 2.05) is 0 Å². The van der Waals surface area contributed by atoms with Crippen molar-refractivity contribution in [1.29, 1.82) is 0 Å². The molecule has 2 aliphatic rings. The minimum Gasteiger partial charge on any atom is -0.463 e. The van der Waals surface area contributed by atoms with E-state index in [0.717, 1.165) is 28.8 Å². The van der Waals surface area contributed by atoms with Crippen molar-refractivity contribution >= 4 is 15.9 Å². The van der Waals surface area contributed by atoms with Gasteiger partial charge in [-0.3, -0.25) is 0 Å². The van der Waals surface area contributed by atoms with Crippen molar-refractivity contribution in [3.05, 3.63) is 22.1 Å². The molecule has 1 aromatic rings. The van der Waals surface area contributed by atoms with Gasteiger partial charge in [0.2, 0.25) is 0 Å². The lowest BCUT2D eigenvalue weighted by Gasteiger charge is -2.20. The Morgan fingerprint density at radius 1 is 1.25 bits per heavy atom. The van der Waals surface area contributed by atoms with Crippen molar-refractivity contribution in [2.75, 3.05) is 0 Å². The molecule has 2 fully saturated rings. The van der Waals surface area contributed by atoms with Gasteiger partial charge in [-0.25, -0.2) is 0 Å². The van der Waals surface area contributed by atoms with Crippen LogP contribution in [0.5, 0.6) is 0 Å². The Kier molecular flexibility index (Phi) is 2.63. The zero-order valence-electron chi connectivity index (χ0n) is 9.47. The maximum absolute atomic E-state index is 6.17. The zero-order chi connectivity index (χ0) is 11.2. The smallest absolute Gasteiger partial charge is 0.125 e. The first-order valence-corrected chi connectivity index (χ1v) is 7.07. The minimum absolute atomic E-state index is 0.143. The molecule has 2 N–H and O–H groups in total. The molecule has 0 aromatic carbocycles. The van der Waals surface area contributed by atoms with Crippen LogP contribution in [0.1, 0.15) is 62.4 Å². The molecule has 0 saturated heterocycles. The zero-order valence-corrected chi connectivity index (χ0v) is 11.1. The van der Waals surface area contributed by atoms with Crippen molar-refractivity contribution in [1.82, 2.24) is 0 Å². The number of hydrogen-bond acceptors (Lipinski definition) is 2. The quantitative estimate of drug-likeness (QED) is 0.890. The molecule has 0 spiro atoms. The van der Waals surface area contributed by atoms with Crippen molar-refractivity contribution in [2.45, 2.75) is 56.4 Å². The van der Waals surface area contributed by atoms with Crippen LogP contribution in [0.25, 0.3) is 0 Å². The summed E-state index contributed by atoms with van der Waals surface area (Å²) in [6, 6.07) is 2.09. The normalized spacial score (nSPS) is 24.6. The third-order valence-electron chi connectivity index (χ3n) is 3.97. The van der Waals surface area contributed by atoms with Crippen molar-refractivity contribution in [3.8, 4) is 0 Å². The lowest BCUT2D eigenvalue weighted by atomic mass is 9.88. The van der Waals surface area contributed by atoms with Crippen LogP contribution in [-0.4, -0.2) is 0 Å². The second-order valence-electron chi connectivity index (χ2n) is 5.31. The highest BCUT2D eigenvalue weighted by atomic mass is 79.9. The number of hydrogen-bond donors (Lipinski definition) is 1. The van der Waals surface area contributed by atoms with Crippen molar-refractivity contribution in [3.63, 3.8) is 0 Å². The van der Waals surface area contributed by atoms with Crippen LogP contribution in [0.3, 0.4) is 0 Å². The number of furan rings is 1. The average Bonchev–Trinajstić information content (AvgIpc) is 2.92. The van der Waals surface area contributed by atoms with E-state index in [-0.39, 0.29) is 5.54 Å². The molecule has 3 heteroatoms. The molecule has 0 aliphatic heterocycles. The van der Waals surface area contributed by atoms with Gasteiger partial charge in [-0.05, 0) is 47.7 Å². The van der Waals surface area contributed by atoms with E-state index in [2.05, 4.69) is 22.0 Å². The monoisotopic (exact) mass is 283 g/mol.